The Labute approximate surface area is 122 Å². The maximum Gasteiger partial charge on any atom is 0.186 e. The first-order chi connectivity index (χ1) is 9.61. The first-order valence-corrected chi connectivity index (χ1v) is 7.64. The molecule has 1 N–H and O–H groups in total. The van der Waals surface area contributed by atoms with E-state index in [2.05, 4.69) is 18.8 Å². The maximum absolute atomic E-state index is 12.9. The zero-order chi connectivity index (χ0) is 14.6. The van der Waals surface area contributed by atoms with Gasteiger partial charge in [-0.15, -0.1) is 6.58 Å². The molecule has 0 unspecified atom stereocenters. The van der Waals surface area contributed by atoms with Gasteiger partial charge in [-0.1, -0.05) is 43.2 Å². The van der Waals surface area contributed by atoms with Crippen LogP contribution in [0.5, 0.6) is 0 Å². The van der Waals surface area contributed by atoms with Crippen molar-refractivity contribution in [2.75, 3.05) is 0 Å². The molecule has 2 rings (SSSR count). The van der Waals surface area contributed by atoms with Gasteiger partial charge in [0, 0.05) is 11.6 Å². The number of piperidine rings is 1. The molecule has 1 saturated heterocycles. The maximum atomic E-state index is 12.9. The number of aryl methyl sites for hydroxylation is 1. The molecule has 0 aliphatic carbocycles. The highest BCUT2D eigenvalue weighted by atomic mass is 16.1. The zero-order valence-corrected chi connectivity index (χ0v) is 12.6. The molecule has 0 aromatic heterocycles. The Morgan fingerprint density at radius 3 is 3.00 bits per heavy atom. The van der Waals surface area contributed by atoms with Crippen molar-refractivity contribution < 1.29 is 4.79 Å². The fraction of sp³-hybridized carbons (Fsp3) is 0.500. The number of carbonyl (C=O) groups excluding carboxylic acids is 1. The lowest BCUT2D eigenvalue weighted by atomic mass is 9.79. The highest BCUT2D eigenvalue weighted by molar-refractivity contribution is 6.04. The quantitative estimate of drug-likeness (QED) is 0.646. The largest absolute Gasteiger partial charge is 0.299 e. The third-order valence-electron chi connectivity index (χ3n) is 4.26. The van der Waals surface area contributed by atoms with E-state index in [1.54, 1.807) is 0 Å². The Morgan fingerprint density at radius 1 is 1.55 bits per heavy atom. The van der Waals surface area contributed by atoms with Gasteiger partial charge >= 0.3 is 0 Å². The van der Waals surface area contributed by atoms with Crippen LogP contribution in [0.25, 0.3) is 0 Å². The van der Waals surface area contributed by atoms with E-state index in [9.17, 15) is 4.79 Å². The number of nitrogens with one attached hydrogen (secondary N) is 1. The molecule has 0 spiro atoms. The summed E-state index contributed by atoms with van der Waals surface area (Å²) < 4.78 is 0. The first-order valence-electron chi connectivity index (χ1n) is 7.64. The lowest BCUT2D eigenvalue weighted by Crippen LogP contribution is -2.57. The van der Waals surface area contributed by atoms with E-state index >= 15 is 0 Å². The SMILES string of the molecule is C=C[C@@]1(C(=O)c2cccc(C)c2)CCC[C@@H](CCC)N1. The molecule has 1 aromatic carbocycles. The van der Waals surface area contributed by atoms with Crippen molar-refractivity contribution in [3.63, 3.8) is 0 Å². The average Bonchev–Trinajstić information content (AvgIpc) is 2.47. The van der Waals surface area contributed by atoms with Crippen LogP contribution < -0.4 is 5.32 Å². The Kier molecular flexibility index (Phi) is 4.77. The van der Waals surface area contributed by atoms with Gasteiger partial charge in [0.15, 0.2) is 5.78 Å². The minimum atomic E-state index is -0.577. The van der Waals surface area contributed by atoms with Crippen LogP contribution in [0.2, 0.25) is 0 Å². The van der Waals surface area contributed by atoms with Crippen LogP contribution >= 0.6 is 0 Å². The van der Waals surface area contributed by atoms with Crippen molar-refractivity contribution in [3.05, 3.63) is 48.0 Å². The molecule has 0 saturated carbocycles. The fourth-order valence-corrected chi connectivity index (χ4v) is 3.18. The predicted molar refractivity (Wildman–Crippen MR) is 84.1 cm³/mol. The lowest BCUT2D eigenvalue weighted by Gasteiger charge is -2.39. The minimum absolute atomic E-state index is 0.164. The van der Waals surface area contributed by atoms with Gasteiger partial charge in [0.2, 0.25) is 0 Å². The van der Waals surface area contributed by atoms with E-state index in [-0.39, 0.29) is 5.78 Å². The van der Waals surface area contributed by atoms with Gasteiger partial charge in [0.25, 0.3) is 0 Å². The van der Waals surface area contributed by atoms with Gasteiger partial charge in [-0.3, -0.25) is 10.1 Å². The normalized spacial score (nSPS) is 26.2. The van der Waals surface area contributed by atoms with E-state index in [4.69, 9.17) is 0 Å². The van der Waals surface area contributed by atoms with Gasteiger partial charge in [0.1, 0.15) is 5.54 Å². The standard InChI is InChI=1S/C18H25NO/c1-4-8-16-11-7-12-18(5-2,19-16)17(20)15-10-6-9-14(3)13-15/h5-6,9-10,13,16,19H,2,4,7-8,11-12H2,1,3H3/t16-,18+/m1/s1. The molecule has 0 bridgehead atoms. The van der Waals surface area contributed by atoms with E-state index in [0.29, 0.717) is 6.04 Å². The number of Topliss-reactive ketones (excluding diaryl/α,β-unsaturated/α-hetero) is 1. The first kappa shape index (κ1) is 15.0. The van der Waals surface area contributed by atoms with Crippen LogP contribution in [0.1, 0.15) is 54.9 Å². The van der Waals surface area contributed by atoms with E-state index in [1.165, 1.54) is 0 Å². The molecule has 1 aliphatic heterocycles. The monoisotopic (exact) mass is 271 g/mol. The number of hydrogen-bond donors (Lipinski definition) is 1. The van der Waals surface area contributed by atoms with Crippen LogP contribution in [0.15, 0.2) is 36.9 Å². The van der Waals surface area contributed by atoms with Crippen molar-refractivity contribution in [2.45, 2.75) is 57.5 Å². The van der Waals surface area contributed by atoms with Crippen molar-refractivity contribution in [3.8, 4) is 0 Å². The van der Waals surface area contributed by atoms with Crippen molar-refractivity contribution in [1.82, 2.24) is 5.32 Å². The zero-order valence-electron chi connectivity index (χ0n) is 12.6. The average molecular weight is 271 g/mol. The second-order valence-electron chi connectivity index (χ2n) is 5.90. The fourth-order valence-electron chi connectivity index (χ4n) is 3.18. The Morgan fingerprint density at radius 2 is 2.35 bits per heavy atom. The van der Waals surface area contributed by atoms with Gasteiger partial charge in [-0.2, -0.15) is 0 Å². The smallest absolute Gasteiger partial charge is 0.186 e. The highest BCUT2D eigenvalue weighted by Crippen LogP contribution is 2.29. The minimum Gasteiger partial charge on any atom is -0.299 e. The molecule has 2 atom stereocenters. The lowest BCUT2D eigenvalue weighted by molar-refractivity contribution is 0.0838. The molecule has 1 heterocycles. The van der Waals surface area contributed by atoms with Crippen LogP contribution in [0.4, 0.5) is 0 Å². The topological polar surface area (TPSA) is 29.1 Å². The summed E-state index contributed by atoms with van der Waals surface area (Å²) in [6, 6.07) is 8.28. The summed E-state index contributed by atoms with van der Waals surface area (Å²) in [7, 11) is 0. The van der Waals surface area contributed by atoms with Crippen LogP contribution in [0.3, 0.4) is 0 Å². The molecular weight excluding hydrogens is 246 g/mol. The van der Waals surface area contributed by atoms with Gasteiger partial charge in [0.05, 0.1) is 0 Å². The van der Waals surface area contributed by atoms with E-state index in [1.807, 2.05) is 37.3 Å². The van der Waals surface area contributed by atoms with Crippen LogP contribution in [0, 0.1) is 6.92 Å². The number of benzene rings is 1. The Hall–Kier alpha value is -1.41. The number of rotatable bonds is 5. The third kappa shape index (κ3) is 3.01. The molecule has 1 fully saturated rings. The Bertz CT molecular complexity index is 492. The van der Waals surface area contributed by atoms with Gasteiger partial charge in [-0.25, -0.2) is 0 Å². The van der Waals surface area contributed by atoms with E-state index in [0.717, 1.165) is 43.2 Å². The van der Waals surface area contributed by atoms with Gasteiger partial charge < -0.3 is 0 Å². The molecule has 0 amide bonds. The highest BCUT2D eigenvalue weighted by Gasteiger charge is 2.39. The van der Waals surface area contributed by atoms with Crippen molar-refractivity contribution in [1.29, 1.82) is 0 Å². The molecular formula is C18H25NO. The van der Waals surface area contributed by atoms with Crippen LogP contribution in [-0.2, 0) is 0 Å². The summed E-state index contributed by atoms with van der Waals surface area (Å²) in [5, 5.41) is 3.57. The van der Waals surface area contributed by atoms with Crippen LogP contribution in [-0.4, -0.2) is 17.4 Å². The van der Waals surface area contributed by atoms with Gasteiger partial charge in [-0.05, 0) is 38.7 Å². The summed E-state index contributed by atoms with van der Waals surface area (Å²) in [6.45, 7) is 8.14. The second kappa shape index (κ2) is 6.36. The number of ketones is 1. The van der Waals surface area contributed by atoms with Crippen molar-refractivity contribution >= 4 is 5.78 Å². The summed E-state index contributed by atoms with van der Waals surface area (Å²) >= 11 is 0. The third-order valence-corrected chi connectivity index (χ3v) is 4.26. The summed E-state index contributed by atoms with van der Waals surface area (Å²) in [4.78, 5) is 12.9. The molecule has 108 valence electrons. The van der Waals surface area contributed by atoms with Crippen molar-refractivity contribution in [2.24, 2.45) is 0 Å². The van der Waals surface area contributed by atoms with E-state index < -0.39 is 5.54 Å². The summed E-state index contributed by atoms with van der Waals surface area (Å²) in [6.07, 6.45) is 7.18. The molecule has 2 heteroatoms. The molecule has 1 aliphatic rings. The number of carbonyl (C=O) groups is 1. The molecule has 20 heavy (non-hydrogen) atoms. The Balaban J connectivity index is 2.26. The second-order valence-corrected chi connectivity index (χ2v) is 5.90. The predicted octanol–water partition coefficient (Wildman–Crippen LogP) is 4.04. The summed E-state index contributed by atoms with van der Waals surface area (Å²) in [5.41, 5.74) is 1.33. The molecule has 1 aromatic rings. The molecule has 2 nitrogen and oxygen atoms in total. The molecule has 0 radical (unpaired) electrons. The number of hydrogen-bond acceptors (Lipinski definition) is 2. The summed E-state index contributed by atoms with van der Waals surface area (Å²) in [5.74, 6) is 0.164.